The molecule has 1 aromatic heterocycles. The van der Waals surface area contributed by atoms with Gasteiger partial charge in [-0.3, -0.25) is 4.79 Å². The summed E-state index contributed by atoms with van der Waals surface area (Å²) in [5, 5.41) is 4.78. The zero-order valence-electron chi connectivity index (χ0n) is 11.8. The quantitative estimate of drug-likeness (QED) is 0.842. The highest BCUT2D eigenvalue weighted by atomic mass is 35.5. The van der Waals surface area contributed by atoms with Gasteiger partial charge >= 0.3 is 0 Å². The first-order valence-electron chi connectivity index (χ1n) is 6.73. The van der Waals surface area contributed by atoms with Crippen molar-refractivity contribution in [2.75, 3.05) is 12.3 Å². The number of halogens is 1. The Kier molecular flexibility index (Phi) is 3.95. The minimum atomic E-state index is -0.0406. The van der Waals surface area contributed by atoms with E-state index in [4.69, 9.17) is 16.1 Å². The van der Waals surface area contributed by atoms with Gasteiger partial charge in [-0.1, -0.05) is 35.0 Å². The summed E-state index contributed by atoms with van der Waals surface area (Å²) in [7, 11) is 0. The zero-order chi connectivity index (χ0) is 15.0. The number of benzene rings is 1. The van der Waals surface area contributed by atoms with E-state index in [-0.39, 0.29) is 11.3 Å². The smallest absolute Gasteiger partial charge is 0.260 e. The molecule has 1 aliphatic heterocycles. The molecule has 1 amide bonds. The van der Waals surface area contributed by atoms with Gasteiger partial charge in [0.25, 0.3) is 5.91 Å². The molecule has 2 aromatic rings. The maximum absolute atomic E-state index is 12.8. The van der Waals surface area contributed by atoms with Crippen LogP contribution in [-0.4, -0.2) is 33.6 Å². The van der Waals surface area contributed by atoms with Gasteiger partial charge in [0, 0.05) is 17.9 Å². The molecule has 1 fully saturated rings. The molecule has 1 saturated heterocycles. The van der Waals surface area contributed by atoms with Crippen LogP contribution in [0, 0.1) is 6.92 Å². The first-order chi connectivity index (χ1) is 10.1. The summed E-state index contributed by atoms with van der Waals surface area (Å²) in [6.45, 7) is 4.54. The van der Waals surface area contributed by atoms with Crippen molar-refractivity contribution in [3.8, 4) is 11.3 Å². The average Bonchev–Trinajstić information content (AvgIpc) is 3.05. The van der Waals surface area contributed by atoms with Crippen LogP contribution >= 0.6 is 23.4 Å². The normalized spacial score (nSPS) is 18.2. The zero-order valence-corrected chi connectivity index (χ0v) is 13.4. The molecule has 1 aromatic carbocycles. The van der Waals surface area contributed by atoms with Crippen LogP contribution in [0.4, 0.5) is 0 Å². The predicted molar refractivity (Wildman–Crippen MR) is 84.6 cm³/mol. The summed E-state index contributed by atoms with van der Waals surface area (Å²) in [6, 6.07) is 7.34. The summed E-state index contributed by atoms with van der Waals surface area (Å²) in [4.78, 5) is 14.7. The number of aryl methyl sites for hydroxylation is 1. The monoisotopic (exact) mass is 322 g/mol. The minimum Gasteiger partial charge on any atom is -0.360 e. The molecule has 6 heteroatoms. The van der Waals surface area contributed by atoms with Crippen molar-refractivity contribution >= 4 is 29.3 Å². The molecule has 4 nitrogen and oxygen atoms in total. The number of aromatic nitrogens is 1. The van der Waals surface area contributed by atoms with Crippen LogP contribution in [0.2, 0.25) is 5.02 Å². The molecule has 0 radical (unpaired) electrons. The van der Waals surface area contributed by atoms with E-state index in [1.54, 1.807) is 24.8 Å². The number of hydrogen-bond acceptors (Lipinski definition) is 4. The summed E-state index contributed by atoms with van der Waals surface area (Å²) in [6.07, 6.45) is 0. The number of hydrogen-bond donors (Lipinski definition) is 0. The first-order valence-corrected chi connectivity index (χ1v) is 8.16. The highest BCUT2D eigenvalue weighted by molar-refractivity contribution is 8.00. The lowest BCUT2D eigenvalue weighted by atomic mass is 10.1. The van der Waals surface area contributed by atoms with Gasteiger partial charge in [-0.05, 0) is 19.9 Å². The Morgan fingerprint density at radius 2 is 2.24 bits per heavy atom. The van der Waals surface area contributed by atoms with Crippen LogP contribution in [0.3, 0.4) is 0 Å². The molecule has 0 spiro atoms. The summed E-state index contributed by atoms with van der Waals surface area (Å²) in [5.41, 5.74) is 1.75. The van der Waals surface area contributed by atoms with Gasteiger partial charge in [0.05, 0.1) is 10.4 Å². The van der Waals surface area contributed by atoms with E-state index >= 15 is 0 Å². The van der Waals surface area contributed by atoms with Crippen LogP contribution in [-0.2, 0) is 0 Å². The molecule has 21 heavy (non-hydrogen) atoms. The highest BCUT2D eigenvalue weighted by Gasteiger charge is 2.32. The maximum Gasteiger partial charge on any atom is 0.260 e. The van der Waals surface area contributed by atoms with Gasteiger partial charge in [0.1, 0.15) is 17.0 Å². The van der Waals surface area contributed by atoms with Gasteiger partial charge in [-0.25, -0.2) is 0 Å². The van der Waals surface area contributed by atoms with E-state index < -0.39 is 0 Å². The fraction of sp³-hybridized carbons (Fsp3) is 0.333. The van der Waals surface area contributed by atoms with Crippen molar-refractivity contribution in [2.24, 2.45) is 0 Å². The van der Waals surface area contributed by atoms with Gasteiger partial charge in [0.2, 0.25) is 0 Å². The van der Waals surface area contributed by atoms with Gasteiger partial charge in [-0.15, -0.1) is 11.8 Å². The Balaban J connectivity index is 2.06. The van der Waals surface area contributed by atoms with E-state index in [1.165, 1.54) is 0 Å². The second kappa shape index (κ2) is 5.73. The van der Waals surface area contributed by atoms with Crippen LogP contribution in [0.25, 0.3) is 11.3 Å². The fourth-order valence-electron chi connectivity index (χ4n) is 2.46. The molecule has 0 saturated carbocycles. The SMILES string of the molecule is Cc1onc(-c2ccccc2Cl)c1C(=O)N1CCSC1C. The molecule has 1 aliphatic rings. The van der Waals surface area contributed by atoms with Crippen LogP contribution < -0.4 is 0 Å². The van der Waals surface area contributed by atoms with Crippen molar-refractivity contribution in [3.05, 3.63) is 40.6 Å². The topological polar surface area (TPSA) is 46.3 Å². The van der Waals surface area contributed by atoms with Crippen LogP contribution in [0.15, 0.2) is 28.8 Å². The molecule has 1 unspecified atom stereocenters. The summed E-state index contributed by atoms with van der Waals surface area (Å²) < 4.78 is 5.26. The predicted octanol–water partition coefficient (Wildman–Crippen LogP) is 3.84. The number of carbonyl (C=O) groups is 1. The number of nitrogens with zero attached hydrogens (tertiary/aromatic N) is 2. The maximum atomic E-state index is 12.8. The van der Waals surface area contributed by atoms with E-state index in [9.17, 15) is 4.79 Å². The molecule has 110 valence electrons. The van der Waals surface area contributed by atoms with Crippen LogP contribution in [0.5, 0.6) is 0 Å². The van der Waals surface area contributed by atoms with Crippen LogP contribution in [0.1, 0.15) is 23.0 Å². The van der Waals surface area contributed by atoms with Crippen molar-refractivity contribution < 1.29 is 9.32 Å². The molecule has 3 rings (SSSR count). The lowest BCUT2D eigenvalue weighted by Crippen LogP contribution is -2.33. The average molecular weight is 323 g/mol. The van der Waals surface area contributed by atoms with E-state index in [1.807, 2.05) is 30.0 Å². The second-order valence-electron chi connectivity index (χ2n) is 4.91. The lowest BCUT2D eigenvalue weighted by Gasteiger charge is -2.20. The van der Waals surface area contributed by atoms with E-state index in [0.717, 1.165) is 17.9 Å². The summed E-state index contributed by atoms with van der Waals surface area (Å²) >= 11 is 7.99. The Morgan fingerprint density at radius 3 is 2.90 bits per heavy atom. The number of amides is 1. The minimum absolute atomic E-state index is 0.0406. The second-order valence-corrected chi connectivity index (χ2v) is 6.74. The molecular weight excluding hydrogens is 308 g/mol. The van der Waals surface area contributed by atoms with E-state index in [0.29, 0.717) is 22.0 Å². The molecule has 0 aliphatic carbocycles. The first kappa shape index (κ1) is 14.5. The number of rotatable bonds is 2. The van der Waals surface area contributed by atoms with Gasteiger partial charge in [0.15, 0.2) is 0 Å². The van der Waals surface area contributed by atoms with Crippen molar-refractivity contribution in [2.45, 2.75) is 19.2 Å². The number of thioether (sulfide) groups is 1. The molecule has 0 bridgehead atoms. The fourth-order valence-corrected chi connectivity index (χ4v) is 3.71. The Bertz CT molecular complexity index is 686. The number of carbonyl (C=O) groups excluding carboxylic acids is 1. The molecule has 2 heterocycles. The Hall–Kier alpha value is -1.46. The Labute approximate surface area is 132 Å². The summed E-state index contributed by atoms with van der Waals surface area (Å²) in [5.74, 6) is 1.44. The van der Waals surface area contributed by atoms with Crippen molar-refractivity contribution in [1.82, 2.24) is 10.1 Å². The highest BCUT2D eigenvalue weighted by Crippen LogP contribution is 2.33. The third-order valence-corrected chi connectivity index (χ3v) is 5.08. The third kappa shape index (κ3) is 2.56. The van der Waals surface area contributed by atoms with Crippen molar-refractivity contribution in [3.63, 3.8) is 0 Å². The van der Waals surface area contributed by atoms with Gasteiger partial charge in [-0.2, -0.15) is 0 Å². The molecular formula is C15H15ClN2O2S. The molecule has 1 atom stereocenters. The third-order valence-electron chi connectivity index (χ3n) is 3.60. The van der Waals surface area contributed by atoms with E-state index in [2.05, 4.69) is 5.16 Å². The molecule has 0 N–H and O–H groups in total. The Morgan fingerprint density at radius 1 is 1.48 bits per heavy atom. The lowest BCUT2D eigenvalue weighted by molar-refractivity contribution is 0.0767. The van der Waals surface area contributed by atoms with Gasteiger partial charge < -0.3 is 9.42 Å². The standard InChI is InChI=1S/C15H15ClN2O2S/c1-9-13(15(19)18-7-8-21-10(18)2)14(17-20-9)11-5-3-4-6-12(11)16/h3-6,10H,7-8H2,1-2H3. The van der Waals surface area contributed by atoms with Crippen molar-refractivity contribution in [1.29, 1.82) is 0 Å². The largest absolute Gasteiger partial charge is 0.360 e.